The van der Waals surface area contributed by atoms with Gasteiger partial charge < -0.3 is 10.2 Å². The summed E-state index contributed by atoms with van der Waals surface area (Å²) in [5.74, 6) is -0.704. The van der Waals surface area contributed by atoms with E-state index < -0.39 is 18.6 Å². The predicted octanol–water partition coefficient (Wildman–Crippen LogP) is 0.217. The largest absolute Gasteiger partial charge is 0.406 e. The minimum absolute atomic E-state index is 0.105. The molecule has 5 nitrogen and oxygen atoms in total. The van der Waals surface area contributed by atoms with Gasteiger partial charge in [0.25, 0.3) is 0 Å². The smallest absolute Gasteiger partial charge is 0.355 e. The molecule has 0 aliphatic carbocycles. The Balaban J connectivity index is 2.53. The fourth-order valence-corrected chi connectivity index (χ4v) is 1.92. The summed E-state index contributed by atoms with van der Waals surface area (Å²) in [6.07, 6.45) is -4.15. The maximum Gasteiger partial charge on any atom is 0.406 e. The molecule has 0 aromatic rings. The summed E-state index contributed by atoms with van der Waals surface area (Å²) < 4.78 is 36.5. The molecule has 110 valence electrons. The van der Waals surface area contributed by atoms with Crippen LogP contribution >= 0.6 is 0 Å². The minimum atomic E-state index is -4.40. The summed E-state index contributed by atoms with van der Waals surface area (Å²) in [5, 5.41) is 2.66. The monoisotopic (exact) mass is 281 g/mol. The standard InChI is InChI=1S/C11H18F3N3O2/c1-8-5-9(18)15-3-4-17(8)6-10(19)16(2)7-11(12,13)14/h8H,3-7H2,1-2H3,(H,15,18). The van der Waals surface area contributed by atoms with Crippen LogP contribution in [0.15, 0.2) is 0 Å². The van der Waals surface area contributed by atoms with E-state index in [-0.39, 0.29) is 24.9 Å². The molecule has 1 saturated heterocycles. The highest BCUT2D eigenvalue weighted by atomic mass is 19.4. The normalized spacial score (nSPS) is 21.7. The third-order valence-electron chi connectivity index (χ3n) is 3.01. The molecule has 0 aromatic carbocycles. The second kappa shape index (κ2) is 6.23. The van der Waals surface area contributed by atoms with Gasteiger partial charge in [0.2, 0.25) is 11.8 Å². The number of alkyl halides is 3. The Morgan fingerprint density at radius 2 is 2.16 bits per heavy atom. The van der Waals surface area contributed by atoms with E-state index in [9.17, 15) is 22.8 Å². The Kier molecular flexibility index (Phi) is 5.16. The van der Waals surface area contributed by atoms with Crippen LogP contribution in [-0.4, -0.2) is 67.1 Å². The number of amides is 2. The number of nitrogens with one attached hydrogen (secondary N) is 1. The minimum Gasteiger partial charge on any atom is -0.355 e. The number of carbonyl (C=O) groups is 2. The topological polar surface area (TPSA) is 52.7 Å². The molecule has 0 aromatic heterocycles. The zero-order valence-corrected chi connectivity index (χ0v) is 11.0. The Hall–Kier alpha value is -1.31. The van der Waals surface area contributed by atoms with Gasteiger partial charge in [0.05, 0.1) is 6.54 Å². The van der Waals surface area contributed by atoms with Crippen LogP contribution in [0.25, 0.3) is 0 Å². The molecule has 19 heavy (non-hydrogen) atoms. The number of hydrogen-bond donors (Lipinski definition) is 1. The molecular weight excluding hydrogens is 263 g/mol. The van der Waals surface area contributed by atoms with Gasteiger partial charge in [-0.1, -0.05) is 0 Å². The van der Waals surface area contributed by atoms with E-state index in [1.54, 1.807) is 11.8 Å². The third kappa shape index (κ3) is 5.46. The highest BCUT2D eigenvalue weighted by Crippen LogP contribution is 2.16. The summed E-state index contributed by atoms with van der Waals surface area (Å²) in [4.78, 5) is 25.3. The van der Waals surface area contributed by atoms with Gasteiger partial charge in [-0.15, -0.1) is 0 Å². The Bertz CT molecular complexity index is 347. The van der Waals surface area contributed by atoms with Gasteiger partial charge in [-0.05, 0) is 6.92 Å². The Morgan fingerprint density at radius 3 is 2.74 bits per heavy atom. The van der Waals surface area contributed by atoms with Gasteiger partial charge in [-0.25, -0.2) is 0 Å². The molecule has 0 bridgehead atoms. The van der Waals surface area contributed by atoms with E-state index in [1.807, 2.05) is 0 Å². The molecule has 1 aliphatic heterocycles. The first-order valence-electron chi connectivity index (χ1n) is 6.00. The fraction of sp³-hybridized carbons (Fsp3) is 0.818. The molecular formula is C11H18F3N3O2. The number of hydrogen-bond acceptors (Lipinski definition) is 3. The SMILES string of the molecule is CC1CC(=O)NCCN1CC(=O)N(C)CC(F)(F)F. The fourth-order valence-electron chi connectivity index (χ4n) is 1.92. The molecule has 0 saturated carbocycles. The van der Waals surface area contributed by atoms with E-state index in [1.165, 1.54) is 0 Å². The average Bonchev–Trinajstić information content (AvgIpc) is 2.38. The van der Waals surface area contributed by atoms with Crippen LogP contribution in [0.5, 0.6) is 0 Å². The predicted molar refractivity (Wildman–Crippen MR) is 62.4 cm³/mol. The zero-order valence-electron chi connectivity index (χ0n) is 11.0. The van der Waals surface area contributed by atoms with Crippen LogP contribution in [0.4, 0.5) is 13.2 Å². The molecule has 1 heterocycles. The maximum absolute atomic E-state index is 12.2. The van der Waals surface area contributed by atoms with Crippen molar-refractivity contribution in [3.05, 3.63) is 0 Å². The quantitative estimate of drug-likeness (QED) is 0.805. The molecule has 1 N–H and O–H groups in total. The van der Waals surface area contributed by atoms with Crippen molar-refractivity contribution in [2.75, 3.05) is 33.2 Å². The molecule has 1 unspecified atom stereocenters. The van der Waals surface area contributed by atoms with Gasteiger partial charge in [-0.2, -0.15) is 13.2 Å². The second-order valence-corrected chi connectivity index (χ2v) is 4.74. The third-order valence-corrected chi connectivity index (χ3v) is 3.01. The van der Waals surface area contributed by atoms with E-state index >= 15 is 0 Å². The lowest BCUT2D eigenvalue weighted by atomic mass is 10.2. The second-order valence-electron chi connectivity index (χ2n) is 4.74. The van der Waals surface area contributed by atoms with Crippen molar-refractivity contribution in [2.24, 2.45) is 0 Å². The van der Waals surface area contributed by atoms with E-state index in [2.05, 4.69) is 5.32 Å². The maximum atomic E-state index is 12.2. The van der Waals surface area contributed by atoms with Gasteiger partial charge in [0.1, 0.15) is 6.54 Å². The lowest BCUT2D eigenvalue weighted by Crippen LogP contribution is -2.45. The van der Waals surface area contributed by atoms with Crippen LogP contribution in [0.3, 0.4) is 0 Å². The molecule has 1 atom stereocenters. The van der Waals surface area contributed by atoms with Crippen molar-refractivity contribution in [1.82, 2.24) is 15.1 Å². The molecule has 1 aliphatic rings. The summed E-state index contributed by atoms with van der Waals surface area (Å²) in [5.41, 5.74) is 0. The Labute approximate surface area is 109 Å². The summed E-state index contributed by atoms with van der Waals surface area (Å²) in [7, 11) is 1.13. The van der Waals surface area contributed by atoms with Crippen LogP contribution in [0.1, 0.15) is 13.3 Å². The molecule has 8 heteroatoms. The molecule has 0 spiro atoms. The number of rotatable bonds is 3. The highest BCUT2D eigenvalue weighted by molar-refractivity contribution is 5.79. The van der Waals surface area contributed by atoms with E-state index in [0.29, 0.717) is 18.0 Å². The van der Waals surface area contributed by atoms with Crippen LogP contribution in [0, 0.1) is 0 Å². The highest BCUT2D eigenvalue weighted by Gasteiger charge is 2.32. The zero-order chi connectivity index (χ0) is 14.6. The summed E-state index contributed by atoms with van der Waals surface area (Å²) in [6.45, 7) is 1.27. The van der Waals surface area contributed by atoms with Gasteiger partial charge >= 0.3 is 6.18 Å². The molecule has 1 fully saturated rings. The van der Waals surface area contributed by atoms with Crippen LogP contribution in [-0.2, 0) is 9.59 Å². The number of halogens is 3. The first-order chi connectivity index (χ1) is 8.69. The Morgan fingerprint density at radius 1 is 1.53 bits per heavy atom. The van der Waals surface area contributed by atoms with Crippen molar-refractivity contribution in [3.8, 4) is 0 Å². The molecule has 1 rings (SSSR count). The van der Waals surface area contributed by atoms with Crippen molar-refractivity contribution in [2.45, 2.75) is 25.6 Å². The van der Waals surface area contributed by atoms with Crippen LogP contribution < -0.4 is 5.32 Å². The summed E-state index contributed by atoms with van der Waals surface area (Å²) in [6, 6.07) is -0.161. The first kappa shape index (κ1) is 15.7. The van der Waals surface area contributed by atoms with Gasteiger partial charge in [0, 0.05) is 32.6 Å². The van der Waals surface area contributed by atoms with Crippen molar-refractivity contribution in [1.29, 1.82) is 0 Å². The number of nitrogens with zero attached hydrogens (tertiary/aromatic N) is 2. The van der Waals surface area contributed by atoms with Gasteiger partial charge in [0.15, 0.2) is 0 Å². The van der Waals surface area contributed by atoms with Crippen molar-refractivity contribution >= 4 is 11.8 Å². The average molecular weight is 281 g/mol. The van der Waals surface area contributed by atoms with Crippen molar-refractivity contribution < 1.29 is 22.8 Å². The van der Waals surface area contributed by atoms with Gasteiger partial charge in [-0.3, -0.25) is 14.5 Å². The molecule has 0 radical (unpaired) electrons. The lowest BCUT2D eigenvalue weighted by Gasteiger charge is -2.28. The molecule has 2 amide bonds. The van der Waals surface area contributed by atoms with Crippen molar-refractivity contribution in [3.63, 3.8) is 0 Å². The number of likely N-dealkylation sites (N-methyl/N-ethyl adjacent to an activating group) is 1. The number of carbonyl (C=O) groups excluding carboxylic acids is 2. The summed E-state index contributed by atoms with van der Waals surface area (Å²) >= 11 is 0. The van der Waals surface area contributed by atoms with E-state index in [0.717, 1.165) is 7.05 Å². The van der Waals surface area contributed by atoms with Crippen LogP contribution in [0.2, 0.25) is 0 Å². The lowest BCUT2D eigenvalue weighted by molar-refractivity contribution is -0.159. The first-order valence-corrected chi connectivity index (χ1v) is 6.00. The van der Waals surface area contributed by atoms with E-state index in [4.69, 9.17) is 0 Å².